The minimum Gasteiger partial charge on any atom is -0.396 e. The van der Waals surface area contributed by atoms with E-state index in [9.17, 15) is 10.2 Å². The van der Waals surface area contributed by atoms with E-state index in [0.29, 0.717) is 13.2 Å². The fraction of sp³-hybridized carbons (Fsp3) is 0.700. The standard InChI is InChI=1S/C20H32O5/c1-14(10-21)18-15(2)19(25-20(3,4)24-18)17(11-22)13-23-12-16-8-6-5-7-9-16/h5-9,14-15,17-19,21-22H,10-13H2,1-4H3/t14-,15?,17-,18-,19-/m1/s1. The number of rotatable bonds is 8. The molecule has 25 heavy (non-hydrogen) atoms. The van der Waals surface area contributed by atoms with Crippen LogP contribution in [0, 0.1) is 17.8 Å². The zero-order chi connectivity index (χ0) is 18.4. The van der Waals surface area contributed by atoms with Crippen LogP contribution < -0.4 is 0 Å². The number of aliphatic hydroxyl groups excluding tert-OH is 2. The normalized spacial score (nSPS) is 28.5. The van der Waals surface area contributed by atoms with E-state index in [0.717, 1.165) is 5.56 Å². The summed E-state index contributed by atoms with van der Waals surface area (Å²) in [5.41, 5.74) is 1.10. The van der Waals surface area contributed by atoms with Gasteiger partial charge in [-0.1, -0.05) is 44.2 Å². The Labute approximate surface area is 150 Å². The fourth-order valence-electron chi connectivity index (χ4n) is 3.50. The maximum absolute atomic E-state index is 9.90. The predicted octanol–water partition coefficient (Wildman–Crippen LogP) is 2.60. The van der Waals surface area contributed by atoms with Gasteiger partial charge in [-0.15, -0.1) is 0 Å². The molecular weight excluding hydrogens is 320 g/mol. The van der Waals surface area contributed by atoms with Gasteiger partial charge in [0.05, 0.1) is 32.0 Å². The van der Waals surface area contributed by atoms with E-state index in [1.807, 2.05) is 51.1 Å². The van der Waals surface area contributed by atoms with Gasteiger partial charge in [-0.05, 0) is 19.4 Å². The van der Waals surface area contributed by atoms with Gasteiger partial charge in [-0.2, -0.15) is 0 Å². The van der Waals surface area contributed by atoms with Gasteiger partial charge in [-0.25, -0.2) is 0 Å². The Kier molecular flexibility index (Phi) is 7.40. The van der Waals surface area contributed by atoms with Gasteiger partial charge in [0, 0.05) is 24.4 Å². The van der Waals surface area contributed by atoms with Gasteiger partial charge in [0.2, 0.25) is 0 Å². The molecule has 0 aliphatic carbocycles. The van der Waals surface area contributed by atoms with Crippen LogP contribution in [0.4, 0.5) is 0 Å². The van der Waals surface area contributed by atoms with Crippen molar-refractivity contribution < 1.29 is 24.4 Å². The first-order valence-electron chi connectivity index (χ1n) is 9.07. The average Bonchev–Trinajstić information content (AvgIpc) is 2.61. The van der Waals surface area contributed by atoms with Gasteiger partial charge in [-0.3, -0.25) is 0 Å². The molecule has 2 N–H and O–H groups in total. The Morgan fingerprint density at radius 2 is 1.72 bits per heavy atom. The van der Waals surface area contributed by atoms with Crippen LogP contribution in [0.25, 0.3) is 0 Å². The lowest BCUT2D eigenvalue weighted by atomic mass is 9.82. The van der Waals surface area contributed by atoms with Crippen LogP contribution in [-0.4, -0.2) is 48.0 Å². The third kappa shape index (κ3) is 5.50. The lowest BCUT2D eigenvalue weighted by Crippen LogP contribution is -2.56. The predicted molar refractivity (Wildman–Crippen MR) is 95.9 cm³/mol. The lowest BCUT2D eigenvalue weighted by Gasteiger charge is -2.48. The number of hydrogen-bond donors (Lipinski definition) is 2. The molecule has 0 radical (unpaired) electrons. The summed E-state index contributed by atoms with van der Waals surface area (Å²) in [6.07, 6.45) is -0.314. The zero-order valence-electron chi connectivity index (χ0n) is 15.7. The molecule has 2 rings (SSSR count). The van der Waals surface area contributed by atoms with Crippen LogP contribution in [0.3, 0.4) is 0 Å². The highest BCUT2D eigenvalue weighted by Gasteiger charge is 2.45. The second kappa shape index (κ2) is 9.10. The highest BCUT2D eigenvalue weighted by molar-refractivity contribution is 5.13. The highest BCUT2D eigenvalue weighted by Crippen LogP contribution is 2.37. The van der Waals surface area contributed by atoms with Gasteiger partial charge >= 0.3 is 0 Å². The van der Waals surface area contributed by atoms with Crippen LogP contribution >= 0.6 is 0 Å². The summed E-state index contributed by atoms with van der Waals surface area (Å²) < 4.78 is 18.0. The van der Waals surface area contributed by atoms with Crippen LogP contribution in [0.2, 0.25) is 0 Å². The summed E-state index contributed by atoms with van der Waals surface area (Å²) in [7, 11) is 0. The molecule has 1 saturated heterocycles. The van der Waals surface area contributed by atoms with Crippen LogP contribution in [0.1, 0.15) is 33.3 Å². The molecule has 0 amide bonds. The van der Waals surface area contributed by atoms with E-state index in [2.05, 4.69) is 6.92 Å². The first kappa shape index (κ1) is 20.3. The summed E-state index contributed by atoms with van der Waals surface area (Å²) in [6.45, 7) is 8.75. The van der Waals surface area contributed by atoms with E-state index in [1.54, 1.807) is 0 Å². The van der Waals surface area contributed by atoms with Crippen LogP contribution in [0.15, 0.2) is 30.3 Å². The fourth-order valence-corrected chi connectivity index (χ4v) is 3.50. The molecule has 0 bridgehead atoms. The van der Waals surface area contributed by atoms with Gasteiger partial charge in [0.15, 0.2) is 5.79 Å². The largest absolute Gasteiger partial charge is 0.396 e. The maximum Gasteiger partial charge on any atom is 0.163 e. The van der Waals surface area contributed by atoms with Crippen molar-refractivity contribution >= 4 is 0 Å². The van der Waals surface area contributed by atoms with Crippen molar-refractivity contribution in [3.63, 3.8) is 0 Å². The molecule has 1 aromatic rings. The lowest BCUT2D eigenvalue weighted by molar-refractivity contribution is -0.339. The van der Waals surface area contributed by atoms with Crippen molar-refractivity contribution in [2.75, 3.05) is 19.8 Å². The summed E-state index contributed by atoms with van der Waals surface area (Å²) >= 11 is 0. The van der Waals surface area contributed by atoms with E-state index in [4.69, 9.17) is 14.2 Å². The summed E-state index contributed by atoms with van der Waals surface area (Å²) in [5, 5.41) is 19.4. The van der Waals surface area contributed by atoms with Gasteiger partial charge in [0.25, 0.3) is 0 Å². The molecule has 0 aromatic heterocycles. The SMILES string of the molecule is CC1[C@H]([C@H](CO)COCc2ccccc2)OC(C)(C)O[C@@H]1[C@H](C)CO. The molecule has 5 nitrogen and oxygen atoms in total. The van der Waals surface area contributed by atoms with E-state index in [-0.39, 0.29) is 43.2 Å². The first-order chi connectivity index (χ1) is 11.9. The highest BCUT2D eigenvalue weighted by atomic mass is 16.7. The quantitative estimate of drug-likeness (QED) is 0.753. The Hall–Kier alpha value is -0.980. The van der Waals surface area contributed by atoms with Crippen LogP contribution in [0.5, 0.6) is 0 Å². The molecule has 0 saturated carbocycles. The maximum atomic E-state index is 9.90. The second-order valence-corrected chi connectivity index (χ2v) is 7.53. The molecule has 1 aliphatic rings. The molecule has 5 heteroatoms. The molecule has 1 heterocycles. The minimum atomic E-state index is -0.752. The Balaban J connectivity index is 2.01. The molecule has 1 aliphatic heterocycles. The van der Waals surface area contributed by atoms with Gasteiger partial charge in [0.1, 0.15) is 0 Å². The Morgan fingerprint density at radius 3 is 2.32 bits per heavy atom. The molecule has 1 unspecified atom stereocenters. The molecule has 0 spiro atoms. The number of aliphatic hydroxyl groups is 2. The molecule has 142 valence electrons. The zero-order valence-corrected chi connectivity index (χ0v) is 15.7. The number of hydrogen-bond acceptors (Lipinski definition) is 5. The molecule has 1 aromatic carbocycles. The summed E-state index contributed by atoms with van der Waals surface area (Å²) in [4.78, 5) is 0. The second-order valence-electron chi connectivity index (χ2n) is 7.53. The number of benzene rings is 1. The van der Waals surface area contributed by atoms with Crippen molar-refractivity contribution in [2.24, 2.45) is 17.8 Å². The van der Waals surface area contributed by atoms with Crippen molar-refractivity contribution in [3.05, 3.63) is 35.9 Å². The van der Waals surface area contributed by atoms with Gasteiger partial charge < -0.3 is 24.4 Å². The van der Waals surface area contributed by atoms with Crippen molar-refractivity contribution in [2.45, 2.75) is 52.3 Å². The van der Waals surface area contributed by atoms with E-state index >= 15 is 0 Å². The third-order valence-corrected chi connectivity index (χ3v) is 4.87. The Bertz CT molecular complexity index is 504. The van der Waals surface area contributed by atoms with E-state index in [1.165, 1.54) is 0 Å². The summed E-state index contributed by atoms with van der Waals surface area (Å²) in [5.74, 6) is -0.842. The average molecular weight is 352 g/mol. The number of ether oxygens (including phenoxy) is 3. The third-order valence-electron chi connectivity index (χ3n) is 4.87. The van der Waals surface area contributed by atoms with Crippen molar-refractivity contribution in [1.29, 1.82) is 0 Å². The van der Waals surface area contributed by atoms with Crippen molar-refractivity contribution in [1.82, 2.24) is 0 Å². The summed E-state index contributed by atoms with van der Waals surface area (Å²) in [6, 6.07) is 9.97. The first-order valence-corrected chi connectivity index (χ1v) is 9.07. The molecular formula is C20H32O5. The topological polar surface area (TPSA) is 68.2 Å². The van der Waals surface area contributed by atoms with Crippen molar-refractivity contribution in [3.8, 4) is 0 Å². The van der Waals surface area contributed by atoms with Crippen LogP contribution in [-0.2, 0) is 20.8 Å². The molecule has 1 fully saturated rings. The van der Waals surface area contributed by atoms with E-state index < -0.39 is 5.79 Å². The Morgan fingerprint density at radius 1 is 1.08 bits per heavy atom. The smallest absolute Gasteiger partial charge is 0.163 e. The minimum absolute atomic E-state index is 0.00487. The molecule has 5 atom stereocenters. The monoisotopic (exact) mass is 352 g/mol.